The molecule has 0 N–H and O–H groups in total. The summed E-state index contributed by atoms with van der Waals surface area (Å²) in [5.74, 6) is 1.14. The minimum Gasteiger partial charge on any atom is -0.496 e. The van der Waals surface area contributed by atoms with Gasteiger partial charge in [-0.25, -0.2) is 4.68 Å². The van der Waals surface area contributed by atoms with E-state index in [4.69, 9.17) is 9.47 Å². The summed E-state index contributed by atoms with van der Waals surface area (Å²) in [4.78, 5) is 14.2. The summed E-state index contributed by atoms with van der Waals surface area (Å²) in [6.45, 7) is 6.38. The highest BCUT2D eigenvalue weighted by atomic mass is 16.5. The summed E-state index contributed by atoms with van der Waals surface area (Å²) in [7, 11) is 1.64. The van der Waals surface area contributed by atoms with E-state index in [1.807, 2.05) is 35.4 Å². The van der Waals surface area contributed by atoms with Gasteiger partial charge >= 0.3 is 0 Å². The third-order valence-electron chi connectivity index (χ3n) is 4.71. The minimum atomic E-state index is -0.0605. The molecule has 3 rings (SSSR count). The first kappa shape index (κ1) is 18.2. The van der Waals surface area contributed by atoms with Gasteiger partial charge < -0.3 is 14.4 Å². The van der Waals surface area contributed by atoms with E-state index >= 15 is 0 Å². The van der Waals surface area contributed by atoms with Crippen LogP contribution in [0, 0.1) is 5.92 Å². The summed E-state index contributed by atoms with van der Waals surface area (Å²) < 4.78 is 12.8. The Morgan fingerprint density at radius 3 is 2.92 bits per heavy atom. The molecule has 1 aliphatic rings. The summed E-state index contributed by atoms with van der Waals surface area (Å²) in [5.41, 5.74) is 1.88. The van der Waals surface area contributed by atoms with Crippen molar-refractivity contribution in [3.05, 3.63) is 54.9 Å². The number of aromatic nitrogens is 2. The predicted molar refractivity (Wildman–Crippen MR) is 99.3 cm³/mol. The number of nitrogens with zero attached hydrogens (tertiary/aromatic N) is 3. The molecule has 1 aromatic heterocycles. The summed E-state index contributed by atoms with van der Waals surface area (Å²) in [6.07, 6.45) is 6.96. The molecule has 1 fully saturated rings. The first-order valence-corrected chi connectivity index (χ1v) is 8.87. The topological polar surface area (TPSA) is 56.6 Å². The fourth-order valence-corrected chi connectivity index (χ4v) is 3.24. The second kappa shape index (κ2) is 8.67. The molecule has 2 aromatic rings. The maximum absolute atomic E-state index is 12.4. The van der Waals surface area contributed by atoms with Gasteiger partial charge in [-0.2, -0.15) is 5.10 Å². The fourth-order valence-electron chi connectivity index (χ4n) is 3.24. The average molecular weight is 355 g/mol. The Kier molecular flexibility index (Phi) is 6.07. The van der Waals surface area contributed by atoms with Crippen LogP contribution < -0.4 is 4.74 Å². The fraction of sp³-hybridized carbons (Fsp3) is 0.400. The SMILES string of the molecule is C=CC(=O)N(Cc1ccc(-n2cccn2)cc1OC)CC1CCOCC1. The van der Waals surface area contributed by atoms with Gasteiger partial charge in [0.1, 0.15) is 5.75 Å². The first-order valence-electron chi connectivity index (χ1n) is 8.87. The number of rotatable bonds is 7. The number of methoxy groups -OCH3 is 1. The Labute approximate surface area is 154 Å². The van der Waals surface area contributed by atoms with Crippen LogP contribution in [0.1, 0.15) is 18.4 Å². The smallest absolute Gasteiger partial charge is 0.246 e. The molecule has 6 heteroatoms. The molecule has 26 heavy (non-hydrogen) atoms. The van der Waals surface area contributed by atoms with E-state index in [2.05, 4.69) is 11.7 Å². The van der Waals surface area contributed by atoms with Gasteiger partial charge in [0.15, 0.2) is 0 Å². The number of ether oxygens (including phenoxy) is 2. The van der Waals surface area contributed by atoms with Crippen molar-refractivity contribution in [3.63, 3.8) is 0 Å². The van der Waals surface area contributed by atoms with Crippen LogP contribution in [0.5, 0.6) is 5.75 Å². The van der Waals surface area contributed by atoms with Gasteiger partial charge in [0.25, 0.3) is 0 Å². The van der Waals surface area contributed by atoms with Gasteiger partial charge in [-0.15, -0.1) is 0 Å². The molecule has 0 unspecified atom stereocenters. The molecule has 0 radical (unpaired) electrons. The van der Waals surface area contributed by atoms with Crippen LogP contribution in [-0.2, 0) is 16.1 Å². The largest absolute Gasteiger partial charge is 0.496 e. The van der Waals surface area contributed by atoms with E-state index in [1.54, 1.807) is 18.0 Å². The van der Waals surface area contributed by atoms with Gasteiger partial charge in [0, 0.05) is 50.3 Å². The predicted octanol–water partition coefficient (Wildman–Crippen LogP) is 2.82. The average Bonchev–Trinajstić information content (AvgIpc) is 3.22. The number of carbonyl (C=O) groups excluding carboxylic acids is 1. The number of hydrogen-bond acceptors (Lipinski definition) is 4. The lowest BCUT2D eigenvalue weighted by atomic mass is 9.99. The normalized spacial score (nSPS) is 14.8. The Morgan fingerprint density at radius 2 is 2.27 bits per heavy atom. The van der Waals surface area contributed by atoms with E-state index in [9.17, 15) is 4.79 Å². The zero-order valence-corrected chi connectivity index (χ0v) is 15.1. The minimum absolute atomic E-state index is 0.0605. The molecule has 1 amide bonds. The van der Waals surface area contributed by atoms with Crippen LogP contribution in [0.15, 0.2) is 49.3 Å². The summed E-state index contributed by atoms with van der Waals surface area (Å²) >= 11 is 0. The molecule has 6 nitrogen and oxygen atoms in total. The number of carbonyl (C=O) groups is 1. The van der Waals surface area contributed by atoms with Crippen LogP contribution in [0.25, 0.3) is 5.69 Å². The quantitative estimate of drug-likeness (QED) is 0.717. The summed E-state index contributed by atoms with van der Waals surface area (Å²) in [6, 6.07) is 7.78. The van der Waals surface area contributed by atoms with Crippen LogP contribution in [0.4, 0.5) is 0 Å². The second-order valence-electron chi connectivity index (χ2n) is 6.43. The van der Waals surface area contributed by atoms with E-state index in [-0.39, 0.29) is 5.91 Å². The van der Waals surface area contributed by atoms with Crippen LogP contribution >= 0.6 is 0 Å². The molecule has 0 saturated carbocycles. The van der Waals surface area contributed by atoms with Crippen LogP contribution in [0.3, 0.4) is 0 Å². The van der Waals surface area contributed by atoms with Crippen molar-refractivity contribution in [3.8, 4) is 11.4 Å². The van der Waals surface area contributed by atoms with Crippen molar-refractivity contribution >= 4 is 5.91 Å². The van der Waals surface area contributed by atoms with Crippen LogP contribution in [-0.4, -0.2) is 47.5 Å². The standard InChI is InChI=1S/C20H25N3O3/c1-3-20(24)22(14-16-7-11-26-12-8-16)15-17-5-6-18(13-19(17)25-2)23-10-4-9-21-23/h3-6,9-10,13,16H,1,7-8,11-12,14-15H2,2H3. The number of benzene rings is 1. The van der Waals surface area contributed by atoms with Gasteiger partial charge in [-0.3, -0.25) is 4.79 Å². The zero-order chi connectivity index (χ0) is 18.4. The number of amides is 1. The maximum Gasteiger partial charge on any atom is 0.246 e. The van der Waals surface area contributed by atoms with E-state index in [0.29, 0.717) is 19.0 Å². The Bertz CT molecular complexity index is 737. The van der Waals surface area contributed by atoms with Gasteiger partial charge in [-0.05, 0) is 37.0 Å². The molecular weight excluding hydrogens is 330 g/mol. The molecule has 2 heterocycles. The van der Waals surface area contributed by atoms with E-state index in [0.717, 1.165) is 43.1 Å². The monoisotopic (exact) mass is 355 g/mol. The summed E-state index contributed by atoms with van der Waals surface area (Å²) in [5, 5.41) is 4.24. The van der Waals surface area contributed by atoms with Gasteiger partial charge in [0.05, 0.1) is 12.8 Å². The van der Waals surface area contributed by atoms with Crippen molar-refractivity contribution in [1.82, 2.24) is 14.7 Å². The molecule has 1 aliphatic heterocycles. The highest BCUT2D eigenvalue weighted by Crippen LogP contribution is 2.25. The Hall–Kier alpha value is -2.60. The van der Waals surface area contributed by atoms with E-state index < -0.39 is 0 Å². The molecule has 0 spiro atoms. The van der Waals surface area contributed by atoms with Crippen molar-refractivity contribution in [1.29, 1.82) is 0 Å². The second-order valence-corrected chi connectivity index (χ2v) is 6.43. The third kappa shape index (κ3) is 4.32. The Morgan fingerprint density at radius 1 is 1.46 bits per heavy atom. The van der Waals surface area contributed by atoms with Gasteiger partial charge in [0.2, 0.25) is 5.91 Å². The lowest BCUT2D eigenvalue weighted by Gasteiger charge is -2.29. The molecule has 1 saturated heterocycles. The zero-order valence-electron chi connectivity index (χ0n) is 15.1. The number of hydrogen-bond donors (Lipinski definition) is 0. The lowest BCUT2D eigenvalue weighted by molar-refractivity contribution is -0.127. The van der Waals surface area contributed by atoms with Crippen molar-refractivity contribution in [2.45, 2.75) is 19.4 Å². The molecule has 138 valence electrons. The molecule has 0 atom stereocenters. The van der Waals surface area contributed by atoms with Crippen molar-refractivity contribution in [2.75, 3.05) is 26.9 Å². The lowest BCUT2D eigenvalue weighted by Crippen LogP contribution is -2.35. The van der Waals surface area contributed by atoms with Crippen molar-refractivity contribution < 1.29 is 14.3 Å². The molecule has 0 bridgehead atoms. The van der Waals surface area contributed by atoms with Crippen LogP contribution in [0.2, 0.25) is 0 Å². The molecule has 1 aromatic carbocycles. The molecular formula is C20H25N3O3. The maximum atomic E-state index is 12.4. The Balaban J connectivity index is 1.78. The third-order valence-corrected chi connectivity index (χ3v) is 4.71. The van der Waals surface area contributed by atoms with Crippen molar-refractivity contribution in [2.24, 2.45) is 5.92 Å². The van der Waals surface area contributed by atoms with Gasteiger partial charge in [-0.1, -0.05) is 12.6 Å². The highest BCUT2D eigenvalue weighted by molar-refractivity contribution is 5.87. The highest BCUT2D eigenvalue weighted by Gasteiger charge is 2.21. The first-order chi connectivity index (χ1) is 12.7. The van der Waals surface area contributed by atoms with E-state index in [1.165, 1.54) is 6.08 Å². The molecule has 0 aliphatic carbocycles.